The van der Waals surface area contributed by atoms with E-state index in [1.807, 2.05) is 35.7 Å². The molecule has 0 spiro atoms. The molecule has 18 heavy (non-hydrogen) atoms. The van der Waals surface area contributed by atoms with E-state index in [1.54, 1.807) is 11.3 Å². The smallest absolute Gasteiger partial charge is 0.124 e. The van der Waals surface area contributed by atoms with Crippen LogP contribution in [0.2, 0.25) is 0 Å². The molecule has 1 atom stereocenters. The maximum atomic E-state index is 5.97. The molecule has 0 radical (unpaired) electrons. The van der Waals surface area contributed by atoms with Crippen LogP contribution in [0.4, 0.5) is 0 Å². The van der Waals surface area contributed by atoms with Gasteiger partial charge in [0, 0.05) is 10.5 Å². The number of rotatable bonds is 5. The molecule has 1 aromatic heterocycles. The first-order valence-corrected chi connectivity index (χ1v) is 7.58. The summed E-state index contributed by atoms with van der Waals surface area (Å²) in [5.74, 6) is 0.877. The fraction of sp³-hybridized carbons (Fsp3) is 0.286. The Morgan fingerprint density at radius 3 is 2.56 bits per heavy atom. The Labute approximate surface area is 120 Å². The second kappa shape index (κ2) is 6.36. The van der Waals surface area contributed by atoms with Crippen LogP contribution in [0.15, 0.2) is 40.2 Å². The van der Waals surface area contributed by atoms with E-state index in [2.05, 4.69) is 22.9 Å². The van der Waals surface area contributed by atoms with E-state index in [0.717, 1.165) is 22.2 Å². The Bertz CT molecular complexity index is 495. The maximum Gasteiger partial charge on any atom is 0.124 e. The van der Waals surface area contributed by atoms with E-state index in [-0.39, 0.29) is 6.04 Å². The Kier molecular flexibility index (Phi) is 4.80. The van der Waals surface area contributed by atoms with Crippen molar-refractivity contribution in [2.75, 3.05) is 0 Å². The van der Waals surface area contributed by atoms with Crippen molar-refractivity contribution >= 4 is 27.3 Å². The third-order valence-electron chi connectivity index (χ3n) is 2.81. The van der Waals surface area contributed by atoms with Crippen molar-refractivity contribution in [1.29, 1.82) is 0 Å². The Hall–Kier alpha value is -0.840. The molecule has 2 rings (SSSR count). The van der Waals surface area contributed by atoms with Crippen LogP contribution in [0, 0.1) is 0 Å². The van der Waals surface area contributed by atoms with Crippen LogP contribution >= 0.6 is 27.3 Å². The molecule has 0 aliphatic carbocycles. The molecule has 4 heteroatoms. The fourth-order valence-electron chi connectivity index (χ4n) is 1.62. The largest absolute Gasteiger partial charge is 0.488 e. The molecule has 0 saturated heterocycles. The summed E-state index contributed by atoms with van der Waals surface area (Å²) >= 11 is 5.18. The van der Waals surface area contributed by atoms with Crippen molar-refractivity contribution in [3.63, 3.8) is 0 Å². The molecule has 96 valence electrons. The normalized spacial score (nSPS) is 12.4. The maximum absolute atomic E-state index is 5.97. The van der Waals surface area contributed by atoms with Gasteiger partial charge in [-0.1, -0.05) is 19.1 Å². The Morgan fingerprint density at radius 1 is 1.28 bits per heavy atom. The predicted molar refractivity (Wildman–Crippen MR) is 80.0 cm³/mol. The van der Waals surface area contributed by atoms with E-state index < -0.39 is 0 Å². The molecule has 1 aromatic carbocycles. The van der Waals surface area contributed by atoms with E-state index >= 15 is 0 Å². The van der Waals surface area contributed by atoms with E-state index in [4.69, 9.17) is 10.5 Å². The molecule has 2 nitrogen and oxygen atoms in total. The Balaban J connectivity index is 1.96. The quantitative estimate of drug-likeness (QED) is 0.878. The number of halogens is 1. The zero-order valence-electron chi connectivity index (χ0n) is 10.2. The number of ether oxygens (including phenoxy) is 1. The van der Waals surface area contributed by atoms with E-state index in [0.29, 0.717) is 6.61 Å². The van der Waals surface area contributed by atoms with Gasteiger partial charge >= 0.3 is 0 Å². The van der Waals surface area contributed by atoms with Gasteiger partial charge in [-0.05, 0) is 51.5 Å². The van der Waals surface area contributed by atoms with Crippen molar-refractivity contribution in [2.45, 2.75) is 26.0 Å². The average Bonchev–Trinajstić information content (AvgIpc) is 2.81. The van der Waals surface area contributed by atoms with Crippen LogP contribution in [-0.4, -0.2) is 0 Å². The summed E-state index contributed by atoms with van der Waals surface area (Å²) in [6.07, 6.45) is 0.947. The molecular formula is C14H16BrNOS. The molecule has 0 aliphatic rings. The van der Waals surface area contributed by atoms with Crippen LogP contribution in [0.3, 0.4) is 0 Å². The molecule has 2 aromatic rings. The highest BCUT2D eigenvalue weighted by molar-refractivity contribution is 9.10. The zero-order valence-corrected chi connectivity index (χ0v) is 12.6. The van der Waals surface area contributed by atoms with Gasteiger partial charge in [0.05, 0.1) is 4.88 Å². The third kappa shape index (κ3) is 3.34. The molecule has 1 unspecified atom stereocenters. The summed E-state index contributed by atoms with van der Waals surface area (Å²) in [6.45, 7) is 2.68. The topological polar surface area (TPSA) is 35.2 Å². The lowest BCUT2D eigenvalue weighted by molar-refractivity contribution is 0.309. The molecule has 0 aliphatic heterocycles. The Morgan fingerprint density at radius 2 is 2.00 bits per heavy atom. The minimum Gasteiger partial charge on any atom is -0.488 e. The lowest BCUT2D eigenvalue weighted by Gasteiger charge is -2.10. The van der Waals surface area contributed by atoms with Crippen molar-refractivity contribution < 1.29 is 4.74 Å². The van der Waals surface area contributed by atoms with Crippen LogP contribution in [-0.2, 0) is 6.61 Å². The van der Waals surface area contributed by atoms with Gasteiger partial charge in [0.1, 0.15) is 12.4 Å². The zero-order chi connectivity index (χ0) is 13.0. The number of nitrogens with two attached hydrogens (primary N) is 1. The van der Waals surface area contributed by atoms with Gasteiger partial charge in [0.15, 0.2) is 0 Å². The van der Waals surface area contributed by atoms with Crippen molar-refractivity contribution in [2.24, 2.45) is 5.73 Å². The van der Waals surface area contributed by atoms with Gasteiger partial charge in [-0.15, -0.1) is 11.3 Å². The van der Waals surface area contributed by atoms with Gasteiger partial charge in [0.2, 0.25) is 0 Å². The summed E-state index contributed by atoms with van der Waals surface area (Å²) in [5, 5.41) is 2.05. The summed E-state index contributed by atoms with van der Waals surface area (Å²) < 4.78 is 6.85. The van der Waals surface area contributed by atoms with Crippen molar-refractivity contribution in [3.8, 4) is 5.75 Å². The second-order valence-corrected chi connectivity index (χ2v) is 5.92. The van der Waals surface area contributed by atoms with Gasteiger partial charge in [-0.25, -0.2) is 0 Å². The third-order valence-corrected chi connectivity index (χ3v) is 4.71. The first-order chi connectivity index (χ1) is 8.70. The highest BCUT2D eigenvalue weighted by Crippen LogP contribution is 2.25. The standard InChI is InChI=1S/C14H16BrNOS/c1-2-13(16)10-3-5-11(6-4-10)17-9-14-12(15)7-8-18-14/h3-8,13H,2,9,16H2,1H3. The van der Waals surface area contributed by atoms with E-state index in [1.165, 1.54) is 4.88 Å². The van der Waals surface area contributed by atoms with Crippen molar-refractivity contribution in [1.82, 2.24) is 0 Å². The molecule has 2 N–H and O–H groups in total. The minimum atomic E-state index is 0.116. The predicted octanol–water partition coefficient (Wildman–Crippen LogP) is 4.50. The van der Waals surface area contributed by atoms with Crippen LogP contribution < -0.4 is 10.5 Å². The lowest BCUT2D eigenvalue weighted by atomic mass is 10.1. The van der Waals surface area contributed by atoms with Crippen molar-refractivity contribution in [3.05, 3.63) is 50.6 Å². The summed E-state index contributed by atoms with van der Waals surface area (Å²) in [6, 6.07) is 10.2. The van der Waals surface area contributed by atoms with Crippen LogP contribution in [0.25, 0.3) is 0 Å². The van der Waals surface area contributed by atoms with Gasteiger partial charge < -0.3 is 10.5 Å². The monoisotopic (exact) mass is 325 g/mol. The van der Waals surface area contributed by atoms with E-state index in [9.17, 15) is 0 Å². The average molecular weight is 326 g/mol. The van der Waals surface area contributed by atoms with Gasteiger partial charge in [-0.2, -0.15) is 0 Å². The minimum absolute atomic E-state index is 0.116. The number of hydrogen-bond acceptors (Lipinski definition) is 3. The highest BCUT2D eigenvalue weighted by atomic mass is 79.9. The van der Waals surface area contributed by atoms with Gasteiger partial charge in [-0.3, -0.25) is 0 Å². The fourth-order valence-corrected chi connectivity index (χ4v) is 3.00. The SMILES string of the molecule is CCC(N)c1ccc(OCc2sccc2Br)cc1. The molecule has 0 saturated carbocycles. The molecule has 0 fully saturated rings. The first-order valence-electron chi connectivity index (χ1n) is 5.91. The first kappa shape index (κ1) is 13.6. The molecule has 1 heterocycles. The number of thiophene rings is 1. The number of hydrogen-bond donors (Lipinski definition) is 1. The molecular weight excluding hydrogens is 310 g/mol. The van der Waals surface area contributed by atoms with Gasteiger partial charge in [0.25, 0.3) is 0 Å². The summed E-state index contributed by atoms with van der Waals surface area (Å²) in [4.78, 5) is 1.20. The molecule has 0 bridgehead atoms. The molecule has 0 amide bonds. The lowest BCUT2D eigenvalue weighted by Crippen LogP contribution is -2.08. The van der Waals surface area contributed by atoms with Crippen LogP contribution in [0.5, 0.6) is 5.75 Å². The second-order valence-electron chi connectivity index (χ2n) is 4.06. The van der Waals surface area contributed by atoms with Crippen LogP contribution in [0.1, 0.15) is 29.8 Å². The number of benzene rings is 1. The highest BCUT2D eigenvalue weighted by Gasteiger charge is 2.05. The summed E-state index contributed by atoms with van der Waals surface area (Å²) in [7, 11) is 0. The summed E-state index contributed by atoms with van der Waals surface area (Å²) in [5.41, 5.74) is 7.12.